The maximum atomic E-state index is 11.8. The van der Waals surface area contributed by atoms with Gasteiger partial charge in [-0.15, -0.1) is 0 Å². The molecule has 2 aromatic rings. The number of hydrazone groups is 1. The molecule has 25 heavy (non-hydrogen) atoms. The van der Waals surface area contributed by atoms with Crippen molar-refractivity contribution in [1.29, 1.82) is 0 Å². The van der Waals surface area contributed by atoms with Gasteiger partial charge >= 0.3 is 0 Å². The van der Waals surface area contributed by atoms with Crippen molar-refractivity contribution in [2.75, 3.05) is 30.9 Å². The molecular weight excluding hydrogens is 312 g/mol. The van der Waals surface area contributed by atoms with E-state index in [-0.39, 0.29) is 5.91 Å². The molecule has 0 radical (unpaired) electrons. The molecule has 0 aliphatic carbocycles. The van der Waals surface area contributed by atoms with Gasteiger partial charge < -0.3 is 10.2 Å². The minimum Gasteiger partial charge on any atom is -0.385 e. The van der Waals surface area contributed by atoms with Crippen LogP contribution in [0.25, 0.3) is 0 Å². The molecule has 0 spiro atoms. The summed E-state index contributed by atoms with van der Waals surface area (Å²) in [7, 11) is 3.99. The minimum absolute atomic E-state index is 0.0767. The molecule has 0 saturated carbocycles. The number of amides is 1. The zero-order chi connectivity index (χ0) is 18.1. The number of nitrogens with one attached hydrogen (secondary N) is 2. The SMILES string of the molecule is Cc1cccc(NCCCC(=O)N/N=C/c2ccc(N(C)C)cc2)c1. The fourth-order valence-corrected chi connectivity index (χ4v) is 2.33. The standard InChI is InChI=1S/C20H26N4O/c1-16-6-4-7-18(14-16)21-13-5-8-20(25)23-22-15-17-9-11-19(12-10-17)24(2)3/h4,6-7,9-12,14-15,21H,5,8,13H2,1-3H3,(H,23,25)/b22-15+. The Labute approximate surface area is 149 Å². The lowest BCUT2D eigenvalue weighted by molar-refractivity contribution is -0.121. The molecule has 1 amide bonds. The van der Waals surface area contributed by atoms with Gasteiger partial charge in [0.1, 0.15) is 0 Å². The molecule has 2 N–H and O–H groups in total. The second kappa shape index (κ2) is 9.47. The lowest BCUT2D eigenvalue weighted by Gasteiger charge is -2.11. The first-order valence-electron chi connectivity index (χ1n) is 8.44. The summed E-state index contributed by atoms with van der Waals surface area (Å²) in [5.41, 5.74) is 6.95. The molecule has 0 saturated heterocycles. The molecule has 0 atom stereocenters. The Bertz CT molecular complexity index is 708. The van der Waals surface area contributed by atoms with E-state index in [0.717, 1.165) is 29.9 Å². The Kier molecular flexibility index (Phi) is 7.01. The second-order valence-electron chi connectivity index (χ2n) is 6.18. The summed E-state index contributed by atoms with van der Waals surface area (Å²) < 4.78 is 0. The van der Waals surface area contributed by atoms with Crippen molar-refractivity contribution in [3.05, 3.63) is 59.7 Å². The smallest absolute Gasteiger partial charge is 0.240 e. The largest absolute Gasteiger partial charge is 0.385 e. The van der Waals surface area contributed by atoms with E-state index in [1.54, 1.807) is 6.21 Å². The molecule has 5 heteroatoms. The van der Waals surface area contributed by atoms with Gasteiger partial charge in [-0.1, -0.05) is 24.3 Å². The number of hydrogen-bond acceptors (Lipinski definition) is 4. The molecule has 2 rings (SSSR count). The van der Waals surface area contributed by atoms with Crippen LogP contribution < -0.4 is 15.6 Å². The molecule has 2 aromatic carbocycles. The highest BCUT2D eigenvalue weighted by Crippen LogP contribution is 2.11. The fraction of sp³-hybridized carbons (Fsp3) is 0.300. The van der Waals surface area contributed by atoms with Crippen LogP contribution in [0.4, 0.5) is 11.4 Å². The minimum atomic E-state index is -0.0767. The van der Waals surface area contributed by atoms with Crippen LogP contribution in [0.5, 0.6) is 0 Å². The van der Waals surface area contributed by atoms with Crippen LogP contribution in [-0.2, 0) is 4.79 Å². The first-order chi connectivity index (χ1) is 12.0. The molecule has 0 bridgehead atoms. The number of carbonyl (C=O) groups excluding carboxylic acids is 1. The maximum absolute atomic E-state index is 11.8. The molecule has 132 valence electrons. The van der Waals surface area contributed by atoms with Crippen molar-refractivity contribution in [3.63, 3.8) is 0 Å². The summed E-state index contributed by atoms with van der Waals surface area (Å²) in [5, 5.41) is 7.32. The van der Waals surface area contributed by atoms with E-state index < -0.39 is 0 Å². The molecule has 0 heterocycles. The van der Waals surface area contributed by atoms with E-state index in [1.807, 2.05) is 55.4 Å². The summed E-state index contributed by atoms with van der Waals surface area (Å²) in [6.07, 6.45) is 2.85. The monoisotopic (exact) mass is 338 g/mol. The van der Waals surface area contributed by atoms with Crippen molar-refractivity contribution in [1.82, 2.24) is 5.43 Å². The van der Waals surface area contributed by atoms with Gasteiger partial charge in [0.2, 0.25) is 5.91 Å². The van der Waals surface area contributed by atoms with E-state index in [4.69, 9.17) is 0 Å². The molecule has 0 aliphatic heterocycles. The molecule has 5 nitrogen and oxygen atoms in total. The molecule has 0 aromatic heterocycles. The van der Waals surface area contributed by atoms with Gasteiger partial charge in [0.05, 0.1) is 6.21 Å². The van der Waals surface area contributed by atoms with Gasteiger partial charge in [-0.3, -0.25) is 4.79 Å². The van der Waals surface area contributed by atoms with E-state index >= 15 is 0 Å². The number of anilines is 2. The lowest BCUT2D eigenvalue weighted by Crippen LogP contribution is -2.18. The van der Waals surface area contributed by atoms with E-state index in [2.05, 4.69) is 34.9 Å². The first-order valence-corrected chi connectivity index (χ1v) is 8.44. The Hall–Kier alpha value is -2.82. The van der Waals surface area contributed by atoms with Crippen molar-refractivity contribution in [2.24, 2.45) is 5.10 Å². The number of benzene rings is 2. The average molecular weight is 338 g/mol. The Balaban J connectivity index is 1.66. The Morgan fingerprint density at radius 3 is 2.60 bits per heavy atom. The van der Waals surface area contributed by atoms with E-state index in [9.17, 15) is 4.79 Å². The van der Waals surface area contributed by atoms with Crippen LogP contribution in [0.3, 0.4) is 0 Å². The Morgan fingerprint density at radius 2 is 1.92 bits per heavy atom. The molecule has 0 aliphatic rings. The molecule has 0 unspecified atom stereocenters. The van der Waals surface area contributed by atoms with Crippen molar-refractivity contribution in [2.45, 2.75) is 19.8 Å². The Morgan fingerprint density at radius 1 is 1.16 bits per heavy atom. The quantitative estimate of drug-likeness (QED) is 0.441. The topological polar surface area (TPSA) is 56.7 Å². The van der Waals surface area contributed by atoms with Crippen molar-refractivity contribution >= 4 is 23.5 Å². The van der Waals surface area contributed by atoms with Gasteiger partial charge in [0, 0.05) is 38.4 Å². The zero-order valence-corrected chi connectivity index (χ0v) is 15.1. The lowest BCUT2D eigenvalue weighted by atomic mass is 10.2. The average Bonchev–Trinajstić information content (AvgIpc) is 2.59. The first kappa shape index (κ1) is 18.5. The molecule has 0 fully saturated rings. The van der Waals surface area contributed by atoms with Gasteiger partial charge in [-0.25, -0.2) is 5.43 Å². The predicted molar refractivity (Wildman–Crippen MR) is 105 cm³/mol. The highest BCUT2D eigenvalue weighted by Gasteiger charge is 2.00. The van der Waals surface area contributed by atoms with Crippen LogP contribution in [0.1, 0.15) is 24.0 Å². The molecular formula is C20H26N4O. The fourth-order valence-electron chi connectivity index (χ4n) is 2.33. The number of rotatable bonds is 8. The van der Waals surface area contributed by atoms with Gasteiger partial charge in [0.15, 0.2) is 0 Å². The van der Waals surface area contributed by atoms with Crippen LogP contribution in [0, 0.1) is 6.92 Å². The van der Waals surface area contributed by atoms with Crippen molar-refractivity contribution in [3.8, 4) is 0 Å². The number of nitrogens with zero attached hydrogens (tertiary/aromatic N) is 2. The predicted octanol–water partition coefficient (Wildman–Crippen LogP) is 3.40. The number of hydrogen-bond donors (Lipinski definition) is 2. The highest BCUT2D eigenvalue weighted by molar-refractivity contribution is 5.82. The zero-order valence-electron chi connectivity index (χ0n) is 15.1. The number of carbonyl (C=O) groups is 1. The third kappa shape index (κ3) is 6.67. The third-order valence-corrected chi connectivity index (χ3v) is 3.74. The van der Waals surface area contributed by atoms with Crippen molar-refractivity contribution < 1.29 is 4.79 Å². The van der Waals surface area contributed by atoms with Gasteiger partial charge in [-0.05, 0) is 48.7 Å². The van der Waals surface area contributed by atoms with Crippen LogP contribution in [-0.4, -0.2) is 32.8 Å². The maximum Gasteiger partial charge on any atom is 0.240 e. The third-order valence-electron chi connectivity index (χ3n) is 3.74. The van der Waals surface area contributed by atoms with Crippen LogP contribution in [0.15, 0.2) is 53.6 Å². The van der Waals surface area contributed by atoms with Crippen LogP contribution >= 0.6 is 0 Å². The summed E-state index contributed by atoms with van der Waals surface area (Å²) in [6, 6.07) is 16.2. The van der Waals surface area contributed by atoms with E-state index in [1.165, 1.54) is 5.56 Å². The number of aryl methyl sites for hydroxylation is 1. The normalized spacial score (nSPS) is 10.7. The van der Waals surface area contributed by atoms with Crippen LogP contribution in [0.2, 0.25) is 0 Å². The van der Waals surface area contributed by atoms with Gasteiger partial charge in [0.25, 0.3) is 0 Å². The summed E-state index contributed by atoms with van der Waals surface area (Å²) in [6.45, 7) is 2.82. The summed E-state index contributed by atoms with van der Waals surface area (Å²) in [5.74, 6) is -0.0767. The summed E-state index contributed by atoms with van der Waals surface area (Å²) >= 11 is 0. The van der Waals surface area contributed by atoms with Gasteiger partial charge in [-0.2, -0.15) is 5.10 Å². The highest BCUT2D eigenvalue weighted by atomic mass is 16.2. The summed E-state index contributed by atoms with van der Waals surface area (Å²) in [4.78, 5) is 13.8. The second-order valence-corrected chi connectivity index (χ2v) is 6.18. The van der Waals surface area contributed by atoms with E-state index in [0.29, 0.717) is 6.42 Å².